The molecule has 0 atom stereocenters. The first kappa shape index (κ1) is 16.6. The van der Waals surface area contributed by atoms with Crippen LogP contribution in [0.15, 0.2) is 22.7 Å². The maximum absolute atomic E-state index is 11.5. The van der Waals surface area contributed by atoms with Crippen molar-refractivity contribution in [3.05, 3.63) is 27.7 Å². The average Bonchev–Trinajstić information content (AvgIpc) is 2.25. The van der Waals surface area contributed by atoms with Gasteiger partial charge in [-0.15, -0.1) is 12.4 Å². The van der Waals surface area contributed by atoms with Gasteiger partial charge in [0.1, 0.15) is 5.75 Å². The Morgan fingerprint density at radius 3 is 2.84 bits per heavy atom. The monoisotopic (exact) mass is 368 g/mol. The molecule has 2 rings (SSSR count). The van der Waals surface area contributed by atoms with Crippen LogP contribution in [0.25, 0.3) is 0 Å². The summed E-state index contributed by atoms with van der Waals surface area (Å²) in [7, 11) is 0. The normalized spacial score (nSPS) is 14.2. The van der Waals surface area contributed by atoms with E-state index in [4.69, 9.17) is 16.3 Å². The Kier molecular flexibility index (Phi) is 6.93. The molecule has 0 unspecified atom stereocenters. The molecule has 1 aromatic rings. The van der Waals surface area contributed by atoms with E-state index in [1.807, 2.05) is 6.07 Å². The third kappa shape index (κ3) is 5.18. The largest absolute Gasteiger partial charge is 0.482 e. The minimum absolute atomic E-state index is 0. The minimum atomic E-state index is -0.124. The third-order valence-electron chi connectivity index (χ3n) is 2.71. The van der Waals surface area contributed by atoms with Crippen LogP contribution in [0.5, 0.6) is 5.75 Å². The fourth-order valence-electron chi connectivity index (χ4n) is 1.54. The zero-order chi connectivity index (χ0) is 13.0. The highest BCUT2D eigenvalue weighted by molar-refractivity contribution is 9.10. The van der Waals surface area contributed by atoms with E-state index in [1.165, 1.54) is 0 Å². The Hall–Kier alpha value is -0.490. The molecular weight excluding hydrogens is 355 g/mol. The van der Waals surface area contributed by atoms with Crippen LogP contribution in [0.1, 0.15) is 0 Å². The predicted octanol–water partition coefficient (Wildman–Crippen LogP) is 2.24. The number of ether oxygens (including phenoxy) is 1. The lowest BCUT2D eigenvalue weighted by atomic mass is 10.0. The quantitative estimate of drug-likeness (QED) is 0.836. The topological polar surface area (TPSA) is 50.4 Å². The molecule has 7 heteroatoms. The molecule has 1 aliphatic heterocycles. The SMILES string of the molecule is Cl.O=C(COc1ccc(Br)cc1Cl)NCC1CNC1. The van der Waals surface area contributed by atoms with Gasteiger partial charge < -0.3 is 15.4 Å². The second-order valence-corrected chi connectivity index (χ2v) is 5.51. The van der Waals surface area contributed by atoms with Gasteiger partial charge in [-0.05, 0) is 18.2 Å². The molecule has 0 radical (unpaired) electrons. The molecule has 1 fully saturated rings. The molecule has 0 saturated carbocycles. The molecule has 1 aromatic carbocycles. The predicted molar refractivity (Wildman–Crippen MR) is 81.3 cm³/mol. The standard InChI is InChI=1S/C12H14BrClN2O2.ClH/c13-9-1-2-11(10(14)3-9)18-7-12(17)16-6-8-4-15-5-8;/h1-3,8,15H,4-7H2,(H,16,17);1H. The number of halogens is 3. The highest BCUT2D eigenvalue weighted by Gasteiger charge is 2.17. The number of carbonyl (C=O) groups is 1. The number of benzene rings is 1. The zero-order valence-corrected chi connectivity index (χ0v) is 13.3. The van der Waals surface area contributed by atoms with E-state index < -0.39 is 0 Å². The maximum Gasteiger partial charge on any atom is 0.257 e. The summed E-state index contributed by atoms with van der Waals surface area (Å²) in [4.78, 5) is 11.5. The van der Waals surface area contributed by atoms with Gasteiger partial charge in [0.05, 0.1) is 5.02 Å². The Labute approximate surface area is 131 Å². The van der Waals surface area contributed by atoms with E-state index in [0.717, 1.165) is 17.6 Å². The molecule has 0 aliphatic carbocycles. The van der Waals surface area contributed by atoms with E-state index in [9.17, 15) is 4.79 Å². The van der Waals surface area contributed by atoms with Gasteiger partial charge in [0.25, 0.3) is 5.91 Å². The Balaban J connectivity index is 0.00000180. The molecule has 1 aliphatic rings. The molecule has 2 N–H and O–H groups in total. The highest BCUT2D eigenvalue weighted by atomic mass is 79.9. The molecule has 0 aromatic heterocycles. The van der Waals surface area contributed by atoms with Crippen molar-refractivity contribution in [2.75, 3.05) is 26.2 Å². The molecule has 1 saturated heterocycles. The Bertz CT molecular complexity index is 442. The summed E-state index contributed by atoms with van der Waals surface area (Å²) in [5.74, 6) is 0.937. The zero-order valence-electron chi connectivity index (χ0n) is 10.1. The van der Waals surface area contributed by atoms with Crippen molar-refractivity contribution in [1.82, 2.24) is 10.6 Å². The second-order valence-electron chi connectivity index (χ2n) is 4.19. The average molecular weight is 370 g/mol. The van der Waals surface area contributed by atoms with Crippen molar-refractivity contribution in [3.8, 4) is 5.75 Å². The van der Waals surface area contributed by atoms with Gasteiger partial charge in [0.2, 0.25) is 0 Å². The van der Waals surface area contributed by atoms with E-state index in [0.29, 0.717) is 23.2 Å². The number of rotatable bonds is 5. The summed E-state index contributed by atoms with van der Waals surface area (Å²) in [6.07, 6.45) is 0. The number of amides is 1. The van der Waals surface area contributed by atoms with E-state index in [1.54, 1.807) is 12.1 Å². The molecule has 4 nitrogen and oxygen atoms in total. The summed E-state index contributed by atoms with van der Waals surface area (Å²) in [6.45, 7) is 2.63. The highest BCUT2D eigenvalue weighted by Crippen LogP contribution is 2.27. The van der Waals surface area contributed by atoms with Gasteiger partial charge in [-0.1, -0.05) is 27.5 Å². The van der Waals surface area contributed by atoms with Gasteiger partial charge in [0.15, 0.2) is 6.61 Å². The second kappa shape index (κ2) is 7.94. The summed E-state index contributed by atoms with van der Waals surface area (Å²) in [5.41, 5.74) is 0. The van der Waals surface area contributed by atoms with Crippen LogP contribution in [-0.4, -0.2) is 32.1 Å². The van der Waals surface area contributed by atoms with Crippen molar-refractivity contribution in [3.63, 3.8) is 0 Å². The van der Waals surface area contributed by atoms with Crippen LogP contribution in [0.4, 0.5) is 0 Å². The van der Waals surface area contributed by atoms with Gasteiger partial charge >= 0.3 is 0 Å². The lowest BCUT2D eigenvalue weighted by Crippen LogP contribution is -2.48. The van der Waals surface area contributed by atoms with Crippen LogP contribution < -0.4 is 15.4 Å². The van der Waals surface area contributed by atoms with Crippen LogP contribution in [0.3, 0.4) is 0 Å². The van der Waals surface area contributed by atoms with Gasteiger partial charge in [-0.25, -0.2) is 0 Å². The Morgan fingerprint density at radius 1 is 1.53 bits per heavy atom. The first-order chi connectivity index (χ1) is 8.65. The van der Waals surface area contributed by atoms with E-state index in [-0.39, 0.29) is 24.9 Å². The first-order valence-corrected chi connectivity index (χ1v) is 6.87. The van der Waals surface area contributed by atoms with Crippen molar-refractivity contribution in [1.29, 1.82) is 0 Å². The van der Waals surface area contributed by atoms with E-state index in [2.05, 4.69) is 26.6 Å². The van der Waals surface area contributed by atoms with Gasteiger partial charge in [-0.3, -0.25) is 4.79 Å². The van der Waals surface area contributed by atoms with Crippen LogP contribution in [-0.2, 0) is 4.79 Å². The summed E-state index contributed by atoms with van der Waals surface area (Å²) in [5, 5.41) is 6.47. The molecule has 0 bridgehead atoms. The van der Waals surface area contributed by atoms with Crippen molar-refractivity contribution >= 4 is 45.8 Å². The molecule has 0 spiro atoms. The van der Waals surface area contributed by atoms with Crippen LogP contribution in [0, 0.1) is 5.92 Å². The summed E-state index contributed by atoms with van der Waals surface area (Å²) in [6, 6.07) is 5.28. The molecule has 1 heterocycles. The third-order valence-corrected chi connectivity index (χ3v) is 3.50. The number of hydrogen-bond acceptors (Lipinski definition) is 3. The number of carbonyl (C=O) groups excluding carboxylic acids is 1. The van der Waals surface area contributed by atoms with Crippen molar-refractivity contribution in [2.24, 2.45) is 5.92 Å². The van der Waals surface area contributed by atoms with E-state index >= 15 is 0 Å². The molecule has 1 amide bonds. The number of hydrogen-bond donors (Lipinski definition) is 2. The summed E-state index contributed by atoms with van der Waals surface area (Å²) >= 11 is 9.28. The first-order valence-electron chi connectivity index (χ1n) is 5.70. The molecule has 106 valence electrons. The van der Waals surface area contributed by atoms with Crippen molar-refractivity contribution in [2.45, 2.75) is 0 Å². The lowest BCUT2D eigenvalue weighted by molar-refractivity contribution is -0.123. The maximum atomic E-state index is 11.5. The summed E-state index contributed by atoms with van der Waals surface area (Å²) < 4.78 is 6.23. The fourth-order valence-corrected chi connectivity index (χ4v) is 2.27. The molecular formula is C12H15BrCl2N2O2. The van der Waals surface area contributed by atoms with Gasteiger partial charge in [-0.2, -0.15) is 0 Å². The van der Waals surface area contributed by atoms with Crippen molar-refractivity contribution < 1.29 is 9.53 Å². The Morgan fingerprint density at radius 2 is 2.26 bits per heavy atom. The van der Waals surface area contributed by atoms with Crippen LogP contribution in [0.2, 0.25) is 5.02 Å². The number of nitrogens with one attached hydrogen (secondary N) is 2. The fraction of sp³-hybridized carbons (Fsp3) is 0.417. The minimum Gasteiger partial charge on any atom is -0.482 e. The van der Waals surface area contributed by atoms with Crippen LogP contribution >= 0.6 is 39.9 Å². The smallest absolute Gasteiger partial charge is 0.257 e. The molecule has 19 heavy (non-hydrogen) atoms. The lowest BCUT2D eigenvalue weighted by Gasteiger charge is -2.27. The van der Waals surface area contributed by atoms with Gasteiger partial charge in [0, 0.05) is 30.0 Å².